The predicted molar refractivity (Wildman–Crippen MR) is 112 cm³/mol. The molecule has 1 aromatic rings. The molecule has 0 saturated carbocycles. The monoisotopic (exact) mass is 478 g/mol. The molecule has 0 aromatic carbocycles. The van der Waals surface area contributed by atoms with Crippen LogP contribution in [0.25, 0.3) is 0 Å². The highest BCUT2D eigenvalue weighted by Crippen LogP contribution is 2.24. The molecule has 1 aromatic heterocycles. The zero-order chi connectivity index (χ0) is 16.9. The van der Waals surface area contributed by atoms with E-state index in [0.717, 1.165) is 45.0 Å². The van der Waals surface area contributed by atoms with Crippen molar-refractivity contribution in [2.45, 2.75) is 38.8 Å². The van der Waals surface area contributed by atoms with Crippen LogP contribution < -0.4 is 5.32 Å². The van der Waals surface area contributed by atoms with Crippen molar-refractivity contribution in [3.05, 3.63) is 21.9 Å². The van der Waals surface area contributed by atoms with Crippen LogP contribution in [-0.4, -0.2) is 65.6 Å². The number of nitrogens with zero attached hydrogens (tertiary/aromatic N) is 3. The zero-order valence-corrected chi connectivity index (χ0v) is 17.8. The average molecular weight is 478 g/mol. The van der Waals surface area contributed by atoms with E-state index in [-0.39, 0.29) is 36.0 Å². The molecule has 0 radical (unpaired) electrons. The minimum atomic E-state index is -0.274. The topological polar surface area (TPSA) is 68.2 Å². The number of hydrogen-bond donors (Lipinski definition) is 2. The maximum absolute atomic E-state index is 12.4. The molecule has 140 valence electrons. The molecule has 3 rings (SSSR count). The second-order valence-corrected chi connectivity index (χ2v) is 7.31. The van der Waals surface area contributed by atoms with Gasteiger partial charge >= 0.3 is 0 Å². The summed E-state index contributed by atoms with van der Waals surface area (Å²) >= 11 is 1.79. The molecule has 0 spiro atoms. The van der Waals surface area contributed by atoms with E-state index in [2.05, 4.69) is 26.7 Å². The third kappa shape index (κ3) is 5.30. The van der Waals surface area contributed by atoms with E-state index < -0.39 is 0 Å². The van der Waals surface area contributed by atoms with Gasteiger partial charge in [0, 0.05) is 44.0 Å². The van der Waals surface area contributed by atoms with Gasteiger partial charge < -0.3 is 20.2 Å². The van der Waals surface area contributed by atoms with E-state index in [4.69, 9.17) is 0 Å². The lowest BCUT2D eigenvalue weighted by Crippen LogP contribution is -2.41. The van der Waals surface area contributed by atoms with Crippen molar-refractivity contribution < 1.29 is 9.90 Å². The summed E-state index contributed by atoms with van der Waals surface area (Å²) in [4.78, 5) is 22.4. The fourth-order valence-corrected chi connectivity index (χ4v) is 4.13. The van der Waals surface area contributed by atoms with Crippen molar-refractivity contribution in [2.24, 2.45) is 4.99 Å². The van der Waals surface area contributed by atoms with Crippen LogP contribution in [-0.2, 0) is 17.8 Å². The third-order valence-corrected chi connectivity index (χ3v) is 5.57. The molecule has 2 aliphatic rings. The first-order valence-electron chi connectivity index (χ1n) is 8.71. The van der Waals surface area contributed by atoms with Gasteiger partial charge in [0.05, 0.1) is 12.6 Å². The molecule has 2 aliphatic heterocycles. The predicted octanol–water partition coefficient (Wildman–Crippen LogP) is 1.67. The smallest absolute Gasteiger partial charge is 0.224 e. The molecule has 3 heterocycles. The minimum Gasteiger partial charge on any atom is -0.391 e. The summed E-state index contributed by atoms with van der Waals surface area (Å²) in [5, 5.41) is 15.0. The number of carbonyl (C=O) groups is 1. The molecule has 6 nitrogen and oxygen atoms in total. The van der Waals surface area contributed by atoms with Crippen LogP contribution in [0.1, 0.15) is 30.2 Å². The number of β-amino-alcohol motifs (C(OH)–C–C–N with tert-alkyl or cyclic N) is 1. The molecule has 1 amide bonds. The van der Waals surface area contributed by atoms with Crippen LogP contribution in [0.5, 0.6) is 0 Å². The van der Waals surface area contributed by atoms with Gasteiger partial charge in [-0.1, -0.05) is 0 Å². The summed E-state index contributed by atoms with van der Waals surface area (Å²) in [7, 11) is 0. The quantitative estimate of drug-likeness (QED) is 0.393. The van der Waals surface area contributed by atoms with E-state index in [1.165, 1.54) is 10.4 Å². The summed E-state index contributed by atoms with van der Waals surface area (Å²) in [5.41, 5.74) is 1.29. The first-order valence-corrected chi connectivity index (χ1v) is 9.59. The second-order valence-electron chi connectivity index (χ2n) is 6.31. The molecule has 1 fully saturated rings. The van der Waals surface area contributed by atoms with E-state index >= 15 is 0 Å². The SMILES string of the molecule is CCNC(=NCCC(=O)N1CCc2sccc2C1)N1CC[C@@H](O)C1.I. The highest BCUT2D eigenvalue weighted by atomic mass is 127. The lowest BCUT2D eigenvalue weighted by molar-refractivity contribution is -0.131. The minimum absolute atomic E-state index is 0. The zero-order valence-electron chi connectivity index (χ0n) is 14.6. The van der Waals surface area contributed by atoms with Gasteiger partial charge in [-0.2, -0.15) is 0 Å². The Kier molecular flexibility index (Phi) is 7.95. The van der Waals surface area contributed by atoms with Crippen molar-refractivity contribution in [2.75, 3.05) is 32.7 Å². The Hall–Kier alpha value is -0.870. The largest absolute Gasteiger partial charge is 0.391 e. The van der Waals surface area contributed by atoms with Crippen molar-refractivity contribution in [3.63, 3.8) is 0 Å². The Morgan fingerprint density at radius 3 is 3.00 bits per heavy atom. The number of hydrogen-bond acceptors (Lipinski definition) is 4. The maximum atomic E-state index is 12.4. The summed E-state index contributed by atoms with van der Waals surface area (Å²) in [6.07, 6.45) is 1.91. The van der Waals surface area contributed by atoms with Gasteiger partial charge in [-0.3, -0.25) is 9.79 Å². The van der Waals surface area contributed by atoms with Gasteiger partial charge in [0.1, 0.15) is 0 Å². The van der Waals surface area contributed by atoms with Crippen LogP contribution >= 0.6 is 35.3 Å². The summed E-state index contributed by atoms with van der Waals surface area (Å²) in [6.45, 7) is 6.28. The van der Waals surface area contributed by atoms with Crippen molar-refractivity contribution in [1.82, 2.24) is 15.1 Å². The highest BCUT2D eigenvalue weighted by Gasteiger charge is 2.23. The molecule has 8 heteroatoms. The molecule has 0 unspecified atom stereocenters. The van der Waals surface area contributed by atoms with E-state index in [1.807, 2.05) is 11.8 Å². The summed E-state index contributed by atoms with van der Waals surface area (Å²) < 4.78 is 0. The molecule has 1 saturated heterocycles. The van der Waals surface area contributed by atoms with E-state index in [0.29, 0.717) is 19.5 Å². The molecular weight excluding hydrogens is 451 g/mol. The highest BCUT2D eigenvalue weighted by molar-refractivity contribution is 14.0. The molecule has 0 bridgehead atoms. The van der Waals surface area contributed by atoms with Gasteiger partial charge in [-0.05, 0) is 36.8 Å². The third-order valence-electron chi connectivity index (χ3n) is 4.55. The second kappa shape index (κ2) is 9.72. The number of aliphatic hydroxyl groups excluding tert-OH is 1. The number of carbonyl (C=O) groups excluding carboxylic acids is 1. The maximum Gasteiger partial charge on any atom is 0.224 e. The van der Waals surface area contributed by atoms with Gasteiger partial charge in [-0.25, -0.2) is 0 Å². The fraction of sp³-hybridized carbons (Fsp3) is 0.647. The first-order chi connectivity index (χ1) is 11.7. The number of halogens is 1. The Labute approximate surface area is 170 Å². The first kappa shape index (κ1) is 20.4. The number of thiophene rings is 1. The number of rotatable bonds is 4. The number of aliphatic imine (C=N–C) groups is 1. The Bertz CT molecular complexity index is 607. The number of amides is 1. The van der Waals surface area contributed by atoms with Crippen LogP contribution in [0.3, 0.4) is 0 Å². The number of nitrogens with one attached hydrogen (secondary N) is 1. The van der Waals surface area contributed by atoms with Crippen molar-refractivity contribution >= 4 is 47.2 Å². The van der Waals surface area contributed by atoms with Crippen molar-refractivity contribution in [3.8, 4) is 0 Å². The lowest BCUT2D eigenvalue weighted by atomic mass is 10.1. The molecule has 2 N–H and O–H groups in total. The van der Waals surface area contributed by atoms with E-state index in [1.54, 1.807) is 11.3 Å². The van der Waals surface area contributed by atoms with Crippen LogP contribution in [0.4, 0.5) is 0 Å². The molecule has 1 atom stereocenters. The van der Waals surface area contributed by atoms with Gasteiger partial charge in [0.25, 0.3) is 0 Å². The summed E-state index contributed by atoms with van der Waals surface area (Å²) in [6, 6.07) is 2.12. The molecular formula is C17H27IN4O2S. The fourth-order valence-electron chi connectivity index (χ4n) is 3.24. The number of fused-ring (bicyclic) bond motifs is 1. The Morgan fingerprint density at radius 2 is 2.28 bits per heavy atom. The lowest BCUT2D eigenvalue weighted by Gasteiger charge is -2.27. The number of guanidine groups is 1. The Morgan fingerprint density at radius 1 is 1.44 bits per heavy atom. The van der Waals surface area contributed by atoms with Gasteiger partial charge in [0.2, 0.25) is 5.91 Å². The van der Waals surface area contributed by atoms with E-state index in [9.17, 15) is 9.90 Å². The Balaban J connectivity index is 0.00000225. The van der Waals surface area contributed by atoms with Gasteiger partial charge in [0.15, 0.2) is 5.96 Å². The van der Waals surface area contributed by atoms with Crippen LogP contribution in [0.15, 0.2) is 16.4 Å². The standard InChI is InChI=1S/C17H26N4O2S.HI/c1-2-18-17(21-8-4-14(22)12-21)19-7-3-16(23)20-9-5-15-13(11-20)6-10-24-15;/h6,10,14,22H,2-5,7-9,11-12H2,1H3,(H,18,19);1H/t14-;/m1./s1. The summed E-state index contributed by atoms with van der Waals surface area (Å²) in [5.74, 6) is 0.980. The van der Waals surface area contributed by atoms with Crippen LogP contribution in [0, 0.1) is 0 Å². The molecule has 0 aliphatic carbocycles. The number of aliphatic hydroxyl groups is 1. The normalized spacial score (nSPS) is 20.2. The van der Waals surface area contributed by atoms with Crippen molar-refractivity contribution in [1.29, 1.82) is 0 Å². The number of likely N-dealkylation sites (tertiary alicyclic amines) is 1. The van der Waals surface area contributed by atoms with Gasteiger partial charge in [-0.15, -0.1) is 35.3 Å². The molecule has 25 heavy (non-hydrogen) atoms. The average Bonchev–Trinajstić information content (AvgIpc) is 3.21. The van der Waals surface area contributed by atoms with Crippen LogP contribution in [0.2, 0.25) is 0 Å².